The van der Waals surface area contributed by atoms with Gasteiger partial charge < -0.3 is 10.4 Å². The Labute approximate surface area is 106 Å². The highest BCUT2D eigenvalue weighted by molar-refractivity contribution is 5.61. The van der Waals surface area contributed by atoms with Gasteiger partial charge in [0.05, 0.1) is 18.0 Å². The Kier molecular flexibility index (Phi) is 4.44. The van der Waals surface area contributed by atoms with E-state index in [0.29, 0.717) is 0 Å². The number of aliphatic hydroxyl groups excluding tert-OH is 1. The average molecular weight is 246 g/mol. The normalized spacial score (nSPS) is 12.6. The summed E-state index contributed by atoms with van der Waals surface area (Å²) in [4.78, 5) is 4.10. The molecule has 2 aromatic rings. The smallest absolute Gasteiger partial charge is 0.0710 e. The molecule has 0 spiro atoms. The van der Waals surface area contributed by atoms with Crippen molar-refractivity contribution in [1.29, 1.82) is 0 Å². The summed E-state index contributed by atoms with van der Waals surface area (Å²) in [6.45, 7) is 3.31. The molecule has 0 aromatic carbocycles. The predicted octanol–water partition coefficient (Wildman–Crippen LogP) is 1.33. The molecule has 0 fully saturated rings. The number of aromatic nitrogens is 3. The third-order valence-electron chi connectivity index (χ3n) is 2.72. The number of nitrogens with zero attached hydrogens (tertiary/aromatic N) is 2. The molecular formula is C13H18N4O. The largest absolute Gasteiger partial charge is 0.393 e. The maximum Gasteiger partial charge on any atom is 0.0710 e. The third-order valence-corrected chi connectivity index (χ3v) is 2.72. The van der Waals surface area contributed by atoms with Gasteiger partial charge >= 0.3 is 0 Å². The van der Waals surface area contributed by atoms with E-state index in [9.17, 15) is 5.11 Å². The lowest BCUT2D eigenvalue weighted by molar-refractivity contribution is 0.183. The van der Waals surface area contributed by atoms with Gasteiger partial charge in [0, 0.05) is 30.1 Å². The van der Waals surface area contributed by atoms with Crippen molar-refractivity contribution in [2.75, 3.05) is 6.54 Å². The first-order valence-corrected chi connectivity index (χ1v) is 6.09. The van der Waals surface area contributed by atoms with Gasteiger partial charge in [0.2, 0.25) is 0 Å². The molecule has 96 valence electrons. The monoisotopic (exact) mass is 246 g/mol. The molecule has 2 rings (SSSR count). The Morgan fingerprint density at radius 2 is 2.33 bits per heavy atom. The fourth-order valence-corrected chi connectivity index (χ4v) is 1.74. The summed E-state index contributed by atoms with van der Waals surface area (Å²) in [5.74, 6) is 0. The van der Waals surface area contributed by atoms with Gasteiger partial charge in [0.1, 0.15) is 0 Å². The fourth-order valence-electron chi connectivity index (χ4n) is 1.74. The molecule has 0 radical (unpaired) electrons. The molecule has 0 aliphatic rings. The molecule has 0 bridgehead atoms. The van der Waals surface area contributed by atoms with Crippen LogP contribution in [0.4, 0.5) is 0 Å². The topological polar surface area (TPSA) is 73.8 Å². The Bertz CT molecular complexity index is 467. The van der Waals surface area contributed by atoms with E-state index in [1.54, 1.807) is 13.1 Å². The number of nitrogens with one attached hydrogen (secondary N) is 2. The minimum absolute atomic E-state index is 0.264. The zero-order chi connectivity index (χ0) is 12.8. The Balaban J connectivity index is 1.96. The summed E-state index contributed by atoms with van der Waals surface area (Å²) >= 11 is 0. The van der Waals surface area contributed by atoms with E-state index < -0.39 is 0 Å². The van der Waals surface area contributed by atoms with Crippen LogP contribution in [-0.2, 0) is 6.54 Å². The van der Waals surface area contributed by atoms with E-state index >= 15 is 0 Å². The molecule has 5 nitrogen and oxygen atoms in total. The minimum atomic E-state index is -0.264. The summed E-state index contributed by atoms with van der Waals surface area (Å²) in [7, 11) is 0. The van der Waals surface area contributed by atoms with Gasteiger partial charge in [-0.1, -0.05) is 0 Å². The van der Waals surface area contributed by atoms with Crippen LogP contribution in [0.15, 0.2) is 30.7 Å². The summed E-state index contributed by atoms with van der Waals surface area (Å²) in [5, 5.41) is 19.5. The van der Waals surface area contributed by atoms with Crippen molar-refractivity contribution in [2.45, 2.75) is 26.0 Å². The van der Waals surface area contributed by atoms with Gasteiger partial charge in [-0.25, -0.2) is 0 Å². The minimum Gasteiger partial charge on any atom is -0.393 e. The standard InChI is InChI=1S/C13H18N4O/c1-10(18)4-6-15-8-12-9-16-17-13(12)11-3-2-5-14-7-11/h2-3,5,7,9-10,15,18H,4,6,8H2,1H3,(H,16,17). The van der Waals surface area contributed by atoms with E-state index in [1.165, 1.54) is 0 Å². The Morgan fingerprint density at radius 1 is 1.44 bits per heavy atom. The second-order valence-corrected chi connectivity index (χ2v) is 4.33. The molecule has 2 aromatic heterocycles. The number of H-pyrrole nitrogens is 1. The first kappa shape index (κ1) is 12.7. The molecule has 0 aliphatic carbocycles. The third kappa shape index (κ3) is 3.38. The van der Waals surface area contributed by atoms with Crippen molar-refractivity contribution in [2.24, 2.45) is 0 Å². The van der Waals surface area contributed by atoms with Gasteiger partial charge in [-0.2, -0.15) is 5.10 Å². The van der Waals surface area contributed by atoms with Crippen LogP contribution >= 0.6 is 0 Å². The predicted molar refractivity (Wildman–Crippen MR) is 69.8 cm³/mol. The van der Waals surface area contributed by atoms with Crippen molar-refractivity contribution in [3.63, 3.8) is 0 Å². The molecule has 0 amide bonds. The van der Waals surface area contributed by atoms with Gasteiger partial charge in [-0.05, 0) is 32.0 Å². The molecule has 0 aliphatic heterocycles. The SMILES string of the molecule is CC(O)CCNCc1cn[nH]c1-c1cccnc1. The van der Waals surface area contributed by atoms with Gasteiger partial charge in [-0.15, -0.1) is 0 Å². The van der Waals surface area contributed by atoms with Gasteiger partial charge in [0.25, 0.3) is 0 Å². The van der Waals surface area contributed by atoms with E-state index in [0.717, 1.165) is 36.3 Å². The van der Waals surface area contributed by atoms with Gasteiger partial charge in [0.15, 0.2) is 0 Å². The van der Waals surface area contributed by atoms with Crippen LogP contribution < -0.4 is 5.32 Å². The van der Waals surface area contributed by atoms with E-state index in [1.807, 2.05) is 24.5 Å². The number of hydrogen-bond acceptors (Lipinski definition) is 4. The molecule has 0 saturated carbocycles. The second-order valence-electron chi connectivity index (χ2n) is 4.33. The Hall–Kier alpha value is -1.72. The molecule has 5 heteroatoms. The van der Waals surface area contributed by atoms with Crippen LogP contribution in [0.5, 0.6) is 0 Å². The zero-order valence-corrected chi connectivity index (χ0v) is 10.4. The van der Waals surface area contributed by atoms with Gasteiger partial charge in [-0.3, -0.25) is 10.1 Å². The lowest BCUT2D eigenvalue weighted by Gasteiger charge is -2.07. The first-order valence-electron chi connectivity index (χ1n) is 6.09. The van der Waals surface area contributed by atoms with Crippen LogP contribution in [0.25, 0.3) is 11.3 Å². The van der Waals surface area contributed by atoms with Crippen molar-refractivity contribution >= 4 is 0 Å². The number of aromatic amines is 1. The van der Waals surface area contributed by atoms with Crippen LogP contribution in [0, 0.1) is 0 Å². The second kappa shape index (κ2) is 6.28. The highest BCUT2D eigenvalue weighted by Crippen LogP contribution is 2.19. The number of aliphatic hydroxyl groups is 1. The molecule has 1 unspecified atom stereocenters. The maximum atomic E-state index is 9.18. The molecule has 1 atom stereocenters. The molecular weight excluding hydrogens is 228 g/mol. The highest BCUT2D eigenvalue weighted by Gasteiger charge is 2.07. The zero-order valence-electron chi connectivity index (χ0n) is 10.4. The number of hydrogen-bond donors (Lipinski definition) is 3. The van der Waals surface area contributed by atoms with E-state index in [2.05, 4.69) is 20.5 Å². The molecule has 3 N–H and O–H groups in total. The van der Waals surface area contributed by atoms with Crippen molar-refractivity contribution in [1.82, 2.24) is 20.5 Å². The van der Waals surface area contributed by atoms with Crippen LogP contribution in [0.2, 0.25) is 0 Å². The van der Waals surface area contributed by atoms with Crippen molar-refractivity contribution in [3.8, 4) is 11.3 Å². The molecule has 18 heavy (non-hydrogen) atoms. The quantitative estimate of drug-likeness (QED) is 0.672. The lowest BCUT2D eigenvalue weighted by atomic mass is 10.1. The molecule has 2 heterocycles. The summed E-state index contributed by atoms with van der Waals surface area (Å²) in [5.41, 5.74) is 3.13. The summed E-state index contributed by atoms with van der Waals surface area (Å²) in [6.07, 6.45) is 5.87. The fraction of sp³-hybridized carbons (Fsp3) is 0.385. The number of pyridine rings is 1. The van der Waals surface area contributed by atoms with Crippen LogP contribution in [0.1, 0.15) is 18.9 Å². The number of rotatable bonds is 6. The Morgan fingerprint density at radius 3 is 3.06 bits per heavy atom. The summed E-state index contributed by atoms with van der Waals surface area (Å²) in [6, 6.07) is 3.90. The van der Waals surface area contributed by atoms with Crippen molar-refractivity contribution in [3.05, 3.63) is 36.3 Å². The summed E-state index contributed by atoms with van der Waals surface area (Å²) < 4.78 is 0. The first-order chi connectivity index (χ1) is 8.77. The van der Waals surface area contributed by atoms with E-state index in [4.69, 9.17) is 0 Å². The van der Waals surface area contributed by atoms with Crippen LogP contribution in [0.3, 0.4) is 0 Å². The average Bonchev–Trinajstić information content (AvgIpc) is 2.84. The lowest BCUT2D eigenvalue weighted by Crippen LogP contribution is -2.18. The highest BCUT2D eigenvalue weighted by atomic mass is 16.3. The van der Waals surface area contributed by atoms with E-state index in [-0.39, 0.29) is 6.10 Å². The van der Waals surface area contributed by atoms with Crippen LogP contribution in [-0.4, -0.2) is 32.9 Å². The van der Waals surface area contributed by atoms with Crippen molar-refractivity contribution < 1.29 is 5.11 Å². The molecule has 0 saturated heterocycles. The maximum absolute atomic E-state index is 9.18.